The van der Waals surface area contributed by atoms with E-state index in [2.05, 4.69) is 9.97 Å². The quantitative estimate of drug-likeness (QED) is 0.381. The molecule has 184 valence electrons. The van der Waals surface area contributed by atoms with Gasteiger partial charge in [-0.1, -0.05) is 39.3 Å². The number of aromatic nitrogens is 4. The lowest BCUT2D eigenvalue weighted by Gasteiger charge is -2.27. The molecule has 1 N–H and O–H groups in total. The van der Waals surface area contributed by atoms with Crippen LogP contribution in [0.3, 0.4) is 0 Å². The molecule has 3 heterocycles. The van der Waals surface area contributed by atoms with Crippen molar-refractivity contribution >= 4 is 28.9 Å². The number of nitrogens with one attached hydrogen (secondary N) is 1. The summed E-state index contributed by atoms with van der Waals surface area (Å²) in [6.45, 7) is 5.50. The third-order valence-electron chi connectivity index (χ3n) is 6.16. The zero-order valence-electron chi connectivity index (χ0n) is 20.0. The Bertz CT molecular complexity index is 1410. The van der Waals surface area contributed by atoms with Gasteiger partial charge in [0, 0.05) is 13.6 Å². The summed E-state index contributed by atoms with van der Waals surface area (Å²) in [4.78, 5) is 71.3. The van der Waals surface area contributed by atoms with Crippen LogP contribution < -0.4 is 11.2 Å². The van der Waals surface area contributed by atoms with E-state index < -0.39 is 41.0 Å². The number of benzene rings is 1. The SMILES string of the molecule is CCCCn1c(=O)[nH]c(=O)c2c1nc(COC(=O)[C@H](C(C)C)N1C(=O)c3ccccc3C1=O)n2C. The third-order valence-corrected chi connectivity index (χ3v) is 6.16. The summed E-state index contributed by atoms with van der Waals surface area (Å²) in [6, 6.07) is 5.27. The predicted molar refractivity (Wildman–Crippen MR) is 126 cm³/mol. The predicted octanol–water partition coefficient (Wildman–Crippen LogP) is 1.59. The highest BCUT2D eigenvalue weighted by molar-refractivity contribution is 6.22. The Morgan fingerprint density at radius 1 is 1.09 bits per heavy atom. The van der Waals surface area contributed by atoms with Gasteiger partial charge < -0.3 is 9.30 Å². The monoisotopic (exact) mass is 481 g/mol. The number of carbonyl (C=O) groups is 3. The number of aromatic amines is 1. The lowest BCUT2D eigenvalue weighted by atomic mass is 10.0. The van der Waals surface area contributed by atoms with E-state index in [0.717, 1.165) is 17.7 Å². The second kappa shape index (κ2) is 9.32. The number of H-pyrrole nitrogens is 1. The van der Waals surface area contributed by atoms with Crippen LogP contribution in [-0.2, 0) is 29.7 Å². The smallest absolute Gasteiger partial charge is 0.330 e. The third kappa shape index (κ3) is 4.07. The molecule has 0 unspecified atom stereocenters. The molecule has 4 rings (SSSR count). The molecule has 1 atom stereocenters. The lowest BCUT2D eigenvalue weighted by Crippen LogP contribution is -2.48. The van der Waals surface area contributed by atoms with Crippen molar-refractivity contribution in [1.82, 2.24) is 24.0 Å². The zero-order valence-corrected chi connectivity index (χ0v) is 20.0. The topological polar surface area (TPSA) is 136 Å². The first-order chi connectivity index (χ1) is 16.7. The Kier molecular flexibility index (Phi) is 6.42. The standard InChI is InChI=1S/C24H27N5O6/c1-5-6-11-28-19-18(20(30)26-24(28)34)27(4)16(25-19)12-35-23(33)17(13(2)3)29-21(31)14-9-7-8-10-15(14)22(29)32/h7-10,13,17H,5-6,11-12H2,1-4H3,(H,26,30,34)/t17-/m0/s1. The number of imide groups is 1. The first-order valence-electron chi connectivity index (χ1n) is 11.5. The summed E-state index contributed by atoms with van der Waals surface area (Å²) >= 11 is 0. The molecule has 0 saturated heterocycles. The maximum Gasteiger partial charge on any atom is 0.330 e. The van der Waals surface area contributed by atoms with Crippen LogP contribution in [0, 0.1) is 5.92 Å². The highest BCUT2D eigenvalue weighted by atomic mass is 16.5. The van der Waals surface area contributed by atoms with Gasteiger partial charge in [0.15, 0.2) is 11.2 Å². The van der Waals surface area contributed by atoms with Crippen LogP contribution >= 0.6 is 0 Å². The molecule has 0 radical (unpaired) electrons. The van der Waals surface area contributed by atoms with Crippen molar-refractivity contribution in [1.29, 1.82) is 0 Å². The molecule has 1 aliphatic rings. The second-order valence-corrected chi connectivity index (χ2v) is 8.85. The van der Waals surface area contributed by atoms with Crippen LogP contribution in [0.2, 0.25) is 0 Å². The number of carbonyl (C=O) groups excluding carboxylic acids is 3. The van der Waals surface area contributed by atoms with E-state index in [1.54, 1.807) is 45.2 Å². The lowest BCUT2D eigenvalue weighted by molar-refractivity contribution is -0.151. The number of imidazole rings is 1. The Morgan fingerprint density at radius 2 is 1.71 bits per heavy atom. The number of hydrogen-bond acceptors (Lipinski definition) is 7. The molecule has 11 nitrogen and oxygen atoms in total. The number of esters is 1. The highest BCUT2D eigenvalue weighted by Gasteiger charge is 2.44. The molecule has 35 heavy (non-hydrogen) atoms. The molecule has 2 aromatic heterocycles. The maximum atomic E-state index is 13.1. The normalized spacial score (nSPS) is 14.1. The van der Waals surface area contributed by atoms with Crippen molar-refractivity contribution < 1.29 is 19.1 Å². The molecule has 0 aliphatic carbocycles. The maximum absolute atomic E-state index is 13.1. The van der Waals surface area contributed by atoms with E-state index in [-0.39, 0.29) is 34.7 Å². The molecule has 11 heteroatoms. The van der Waals surface area contributed by atoms with Crippen molar-refractivity contribution in [2.45, 2.75) is 52.8 Å². The van der Waals surface area contributed by atoms with Gasteiger partial charge in [0.25, 0.3) is 17.4 Å². The van der Waals surface area contributed by atoms with Gasteiger partial charge in [-0.15, -0.1) is 0 Å². The summed E-state index contributed by atoms with van der Waals surface area (Å²) < 4.78 is 8.35. The Hall–Kier alpha value is -4.02. The average Bonchev–Trinajstić information content (AvgIpc) is 3.27. The van der Waals surface area contributed by atoms with Gasteiger partial charge in [0.2, 0.25) is 0 Å². The molecule has 1 aliphatic heterocycles. The van der Waals surface area contributed by atoms with E-state index in [9.17, 15) is 24.0 Å². The summed E-state index contributed by atoms with van der Waals surface area (Å²) in [5, 5.41) is 0. The summed E-state index contributed by atoms with van der Waals surface area (Å²) in [5.74, 6) is -2.02. The molecule has 0 saturated carbocycles. The molecule has 2 amide bonds. The van der Waals surface area contributed by atoms with Crippen LogP contribution in [-0.4, -0.2) is 47.8 Å². The number of unbranched alkanes of at least 4 members (excludes halogenated alkanes) is 1. The number of aryl methyl sites for hydroxylation is 2. The van der Waals surface area contributed by atoms with E-state index in [1.165, 1.54) is 9.13 Å². The average molecular weight is 482 g/mol. The van der Waals surface area contributed by atoms with Crippen molar-refractivity contribution in [3.05, 3.63) is 62.1 Å². The number of ether oxygens (including phenoxy) is 1. The Balaban J connectivity index is 1.61. The molecular weight excluding hydrogens is 454 g/mol. The van der Waals surface area contributed by atoms with Gasteiger partial charge in [-0.05, 0) is 24.5 Å². The van der Waals surface area contributed by atoms with Crippen LogP contribution in [0.25, 0.3) is 11.2 Å². The fourth-order valence-corrected chi connectivity index (χ4v) is 4.30. The molecule has 0 bridgehead atoms. The summed E-state index contributed by atoms with van der Waals surface area (Å²) in [7, 11) is 1.59. The van der Waals surface area contributed by atoms with Gasteiger partial charge in [-0.2, -0.15) is 0 Å². The zero-order chi connectivity index (χ0) is 25.4. The number of rotatable bonds is 8. The molecule has 0 fully saturated rings. The number of hydrogen-bond donors (Lipinski definition) is 1. The fraction of sp³-hybridized carbons (Fsp3) is 0.417. The van der Waals surface area contributed by atoms with Crippen LogP contribution in [0.5, 0.6) is 0 Å². The number of amides is 2. The summed E-state index contributed by atoms with van der Waals surface area (Å²) in [5.41, 5.74) is -0.250. The molecule has 0 spiro atoms. The van der Waals surface area contributed by atoms with Crippen LogP contribution in [0.1, 0.15) is 60.2 Å². The van der Waals surface area contributed by atoms with Gasteiger partial charge in [-0.3, -0.25) is 28.8 Å². The van der Waals surface area contributed by atoms with Crippen LogP contribution in [0.4, 0.5) is 0 Å². The largest absolute Gasteiger partial charge is 0.456 e. The van der Waals surface area contributed by atoms with Crippen LogP contribution in [0.15, 0.2) is 33.9 Å². The number of nitrogens with zero attached hydrogens (tertiary/aromatic N) is 4. The van der Waals surface area contributed by atoms with Gasteiger partial charge in [-0.25, -0.2) is 14.6 Å². The van der Waals surface area contributed by atoms with Gasteiger partial charge in [0.1, 0.15) is 18.5 Å². The minimum absolute atomic E-state index is 0.188. The molecular formula is C24H27N5O6. The minimum atomic E-state index is -1.14. The van der Waals surface area contributed by atoms with Gasteiger partial charge in [0.05, 0.1) is 11.1 Å². The highest BCUT2D eigenvalue weighted by Crippen LogP contribution is 2.28. The van der Waals surface area contributed by atoms with Crippen molar-refractivity contribution in [2.24, 2.45) is 13.0 Å². The van der Waals surface area contributed by atoms with E-state index in [1.807, 2.05) is 6.92 Å². The Morgan fingerprint density at radius 3 is 2.29 bits per heavy atom. The number of fused-ring (bicyclic) bond motifs is 2. The van der Waals surface area contributed by atoms with E-state index in [4.69, 9.17) is 4.74 Å². The van der Waals surface area contributed by atoms with Crippen molar-refractivity contribution in [3.63, 3.8) is 0 Å². The molecule has 1 aromatic carbocycles. The first-order valence-corrected chi connectivity index (χ1v) is 11.5. The second-order valence-electron chi connectivity index (χ2n) is 8.85. The van der Waals surface area contributed by atoms with Crippen molar-refractivity contribution in [3.8, 4) is 0 Å². The van der Waals surface area contributed by atoms with Crippen molar-refractivity contribution in [2.75, 3.05) is 0 Å². The van der Waals surface area contributed by atoms with E-state index >= 15 is 0 Å². The first kappa shape index (κ1) is 24.1. The fourth-order valence-electron chi connectivity index (χ4n) is 4.30. The Labute approximate surface area is 200 Å². The summed E-state index contributed by atoms with van der Waals surface area (Å²) in [6.07, 6.45) is 1.57. The molecule has 3 aromatic rings. The minimum Gasteiger partial charge on any atom is -0.456 e. The van der Waals surface area contributed by atoms with Gasteiger partial charge >= 0.3 is 11.7 Å². The van der Waals surface area contributed by atoms with E-state index in [0.29, 0.717) is 6.54 Å².